The number of rotatable bonds is 3. The zero-order chi connectivity index (χ0) is 13.2. The van der Waals surface area contributed by atoms with Crippen molar-refractivity contribution in [3.05, 3.63) is 29.8 Å². The van der Waals surface area contributed by atoms with E-state index in [1.54, 1.807) is 12.1 Å². The van der Waals surface area contributed by atoms with Crippen LogP contribution in [0.1, 0.15) is 18.4 Å². The molecular formula is C12H14N2O3S. The molecule has 18 heavy (non-hydrogen) atoms. The summed E-state index contributed by atoms with van der Waals surface area (Å²) in [5.41, 5.74) is 0.977. The zero-order valence-corrected chi connectivity index (χ0v) is 10.9. The van der Waals surface area contributed by atoms with E-state index in [1.165, 1.54) is 17.2 Å². The molecule has 1 aliphatic rings. The summed E-state index contributed by atoms with van der Waals surface area (Å²) in [4.78, 5) is 0.108. The highest BCUT2D eigenvalue weighted by atomic mass is 32.2. The van der Waals surface area contributed by atoms with E-state index in [0.29, 0.717) is 13.0 Å². The first-order chi connectivity index (χ1) is 8.53. The van der Waals surface area contributed by atoms with Crippen molar-refractivity contribution in [2.45, 2.75) is 30.7 Å². The summed E-state index contributed by atoms with van der Waals surface area (Å²) in [5, 5.41) is 10.1. The molecule has 0 spiro atoms. The summed E-state index contributed by atoms with van der Waals surface area (Å²) >= 11 is 0. The maximum atomic E-state index is 12.0. The minimum atomic E-state index is -3.83. The van der Waals surface area contributed by atoms with Gasteiger partial charge in [0, 0.05) is 6.54 Å². The lowest BCUT2D eigenvalue weighted by Crippen LogP contribution is -2.31. The lowest BCUT2D eigenvalue weighted by molar-refractivity contribution is -0.0474. The van der Waals surface area contributed by atoms with Crippen LogP contribution in [0.3, 0.4) is 0 Å². The van der Waals surface area contributed by atoms with Crippen molar-refractivity contribution in [1.82, 2.24) is 5.06 Å². The molecule has 1 aromatic carbocycles. The fourth-order valence-corrected chi connectivity index (χ4v) is 2.82. The van der Waals surface area contributed by atoms with Gasteiger partial charge in [0.05, 0.1) is 11.0 Å². The fourth-order valence-electron chi connectivity index (χ4n) is 1.83. The van der Waals surface area contributed by atoms with E-state index in [1.807, 2.05) is 13.0 Å². The SMILES string of the molecule is Cc1ccc(S(=O)(=O)ON2CCC[C@@H]2C#N)cc1. The summed E-state index contributed by atoms with van der Waals surface area (Å²) in [5.74, 6) is 0. The molecule has 6 heteroatoms. The van der Waals surface area contributed by atoms with Crippen LogP contribution in [0.5, 0.6) is 0 Å². The molecule has 1 saturated heterocycles. The first-order valence-corrected chi connectivity index (χ1v) is 7.11. The number of hydrogen-bond acceptors (Lipinski definition) is 5. The number of nitriles is 1. The van der Waals surface area contributed by atoms with Crippen LogP contribution < -0.4 is 0 Å². The molecular weight excluding hydrogens is 252 g/mol. The van der Waals surface area contributed by atoms with Crippen molar-refractivity contribution in [3.8, 4) is 6.07 Å². The van der Waals surface area contributed by atoms with Gasteiger partial charge in [0.2, 0.25) is 0 Å². The third-order valence-electron chi connectivity index (χ3n) is 2.86. The second-order valence-electron chi connectivity index (χ2n) is 4.27. The molecule has 1 heterocycles. The van der Waals surface area contributed by atoms with Crippen molar-refractivity contribution in [2.75, 3.05) is 6.54 Å². The number of hydrogen-bond donors (Lipinski definition) is 0. The van der Waals surface area contributed by atoms with E-state index in [-0.39, 0.29) is 4.90 Å². The number of benzene rings is 1. The van der Waals surface area contributed by atoms with Crippen molar-refractivity contribution in [3.63, 3.8) is 0 Å². The average molecular weight is 266 g/mol. The van der Waals surface area contributed by atoms with Gasteiger partial charge in [0.1, 0.15) is 6.04 Å². The molecule has 5 nitrogen and oxygen atoms in total. The van der Waals surface area contributed by atoms with E-state index in [2.05, 4.69) is 0 Å². The van der Waals surface area contributed by atoms with Gasteiger partial charge in [-0.3, -0.25) is 0 Å². The molecule has 1 aromatic rings. The summed E-state index contributed by atoms with van der Waals surface area (Å²) in [7, 11) is -3.83. The molecule has 1 aliphatic heterocycles. The quantitative estimate of drug-likeness (QED) is 0.831. The molecule has 0 unspecified atom stereocenters. The number of nitrogens with zero attached hydrogens (tertiary/aromatic N) is 2. The molecule has 2 rings (SSSR count). The molecule has 1 atom stereocenters. The van der Waals surface area contributed by atoms with Crippen LogP contribution in [-0.4, -0.2) is 26.1 Å². The molecule has 0 bridgehead atoms. The Bertz CT molecular complexity index is 560. The Balaban J connectivity index is 2.17. The van der Waals surface area contributed by atoms with Crippen molar-refractivity contribution in [1.29, 1.82) is 5.26 Å². The van der Waals surface area contributed by atoms with E-state index in [9.17, 15) is 8.42 Å². The minimum absolute atomic E-state index is 0.108. The Kier molecular flexibility index (Phi) is 3.66. The van der Waals surface area contributed by atoms with Gasteiger partial charge in [-0.1, -0.05) is 17.7 Å². The van der Waals surface area contributed by atoms with Gasteiger partial charge in [-0.2, -0.15) is 23.0 Å². The molecule has 1 fully saturated rings. The van der Waals surface area contributed by atoms with Gasteiger partial charge in [-0.15, -0.1) is 0 Å². The molecule has 0 saturated carbocycles. The Morgan fingerprint density at radius 2 is 2.06 bits per heavy atom. The zero-order valence-electron chi connectivity index (χ0n) is 10.0. The van der Waals surface area contributed by atoms with Crippen molar-refractivity contribution in [2.24, 2.45) is 0 Å². The predicted octanol–water partition coefficient (Wildman–Crippen LogP) is 1.60. The fraction of sp³-hybridized carbons (Fsp3) is 0.417. The van der Waals surface area contributed by atoms with Crippen molar-refractivity contribution >= 4 is 10.1 Å². The van der Waals surface area contributed by atoms with E-state index >= 15 is 0 Å². The largest absolute Gasteiger partial charge is 0.313 e. The highest BCUT2D eigenvalue weighted by molar-refractivity contribution is 7.86. The van der Waals surface area contributed by atoms with E-state index < -0.39 is 16.2 Å². The summed E-state index contributed by atoms with van der Waals surface area (Å²) in [6.45, 7) is 2.34. The molecule has 0 aliphatic carbocycles. The first kappa shape index (κ1) is 13.0. The Labute approximate surface area is 107 Å². The Morgan fingerprint density at radius 3 is 2.67 bits per heavy atom. The second kappa shape index (κ2) is 5.06. The lowest BCUT2D eigenvalue weighted by atomic mass is 10.2. The minimum Gasteiger partial charge on any atom is -0.196 e. The van der Waals surface area contributed by atoms with Crippen LogP contribution in [-0.2, 0) is 14.4 Å². The van der Waals surface area contributed by atoms with E-state index in [4.69, 9.17) is 9.55 Å². The molecule has 0 amide bonds. The van der Waals surface area contributed by atoms with Gasteiger partial charge in [0.15, 0.2) is 0 Å². The van der Waals surface area contributed by atoms with E-state index in [0.717, 1.165) is 12.0 Å². The maximum Gasteiger partial charge on any atom is 0.313 e. The van der Waals surface area contributed by atoms with Crippen LogP contribution in [0.2, 0.25) is 0 Å². The third-order valence-corrected chi connectivity index (χ3v) is 4.09. The van der Waals surface area contributed by atoms with Gasteiger partial charge < -0.3 is 0 Å². The van der Waals surface area contributed by atoms with Gasteiger partial charge in [-0.25, -0.2) is 0 Å². The average Bonchev–Trinajstić information content (AvgIpc) is 2.76. The smallest absolute Gasteiger partial charge is 0.196 e. The van der Waals surface area contributed by atoms with Crippen LogP contribution in [0, 0.1) is 18.3 Å². The predicted molar refractivity (Wildman–Crippen MR) is 64.8 cm³/mol. The monoisotopic (exact) mass is 266 g/mol. The summed E-state index contributed by atoms with van der Waals surface area (Å²) < 4.78 is 29.0. The lowest BCUT2D eigenvalue weighted by Gasteiger charge is -2.17. The van der Waals surface area contributed by atoms with Crippen LogP contribution >= 0.6 is 0 Å². The summed E-state index contributed by atoms with van der Waals surface area (Å²) in [6.07, 6.45) is 1.40. The third kappa shape index (κ3) is 2.70. The van der Waals surface area contributed by atoms with Gasteiger partial charge in [-0.05, 0) is 31.9 Å². The van der Waals surface area contributed by atoms with Crippen LogP contribution in [0.25, 0.3) is 0 Å². The van der Waals surface area contributed by atoms with Crippen LogP contribution in [0.4, 0.5) is 0 Å². The van der Waals surface area contributed by atoms with Gasteiger partial charge >= 0.3 is 10.1 Å². The van der Waals surface area contributed by atoms with Crippen molar-refractivity contribution < 1.29 is 12.7 Å². The molecule has 0 aromatic heterocycles. The second-order valence-corrected chi connectivity index (χ2v) is 5.80. The summed E-state index contributed by atoms with van der Waals surface area (Å²) in [6, 6.07) is 7.98. The van der Waals surface area contributed by atoms with Crippen LogP contribution in [0.15, 0.2) is 29.2 Å². The number of aryl methyl sites for hydroxylation is 1. The Hall–Kier alpha value is -1.42. The Morgan fingerprint density at radius 1 is 1.39 bits per heavy atom. The normalized spacial score (nSPS) is 20.8. The highest BCUT2D eigenvalue weighted by Gasteiger charge is 2.30. The molecule has 96 valence electrons. The highest BCUT2D eigenvalue weighted by Crippen LogP contribution is 2.22. The maximum absolute atomic E-state index is 12.0. The topological polar surface area (TPSA) is 70.4 Å². The molecule has 0 radical (unpaired) electrons. The number of hydroxylamine groups is 2. The molecule has 0 N–H and O–H groups in total. The standard InChI is InChI=1S/C12H14N2O3S/c1-10-4-6-12(7-5-10)18(15,16)17-14-8-2-3-11(14)9-13/h4-7,11H,2-3,8H2,1H3/t11-/m1/s1. The first-order valence-electron chi connectivity index (χ1n) is 5.70. The van der Waals surface area contributed by atoms with Gasteiger partial charge in [0.25, 0.3) is 0 Å².